The maximum atomic E-state index is 12.1. The summed E-state index contributed by atoms with van der Waals surface area (Å²) in [5.41, 5.74) is 3.18. The Morgan fingerprint density at radius 1 is 1.04 bits per heavy atom. The summed E-state index contributed by atoms with van der Waals surface area (Å²) in [6.45, 7) is 4.17. The molecule has 0 atom stereocenters. The van der Waals surface area contributed by atoms with E-state index < -0.39 is 6.61 Å². The minimum Gasteiger partial charge on any atom is -0.435 e. The molecule has 0 aliphatic carbocycles. The fourth-order valence-corrected chi connectivity index (χ4v) is 2.39. The highest BCUT2D eigenvalue weighted by Gasteiger charge is 2.12. The van der Waals surface area contributed by atoms with Crippen LogP contribution < -0.4 is 15.4 Å². The number of halogens is 2. The summed E-state index contributed by atoms with van der Waals surface area (Å²) in [6, 6.07) is 14.6. The molecule has 2 rings (SSSR count). The summed E-state index contributed by atoms with van der Waals surface area (Å²) in [4.78, 5) is 0. The third kappa shape index (κ3) is 6.31. The van der Waals surface area contributed by atoms with Gasteiger partial charge in [0.25, 0.3) is 0 Å². The van der Waals surface area contributed by atoms with Crippen LogP contribution in [0, 0.1) is 0 Å². The van der Waals surface area contributed by atoms with Gasteiger partial charge < -0.3 is 15.4 Å². The van der Waals surface area contributed by atoms with Crippen LogP contribution in [-0.2, 0) is 12.0 Å². The number of anilines is 1. The lowest BCUT2D eigenvalue weighted by Crippen LogP contribution is -2.27. The standard InChI is InChI=1S/C19H22F2N2OS/c1-19(2,3)14-6-8-15(9-7-14)23-18(25)22-12-13-4-10-16(11-5-13)24-17(20)21/h4-11,17H,12H2,1-3H3,(H2,22,23,25). The van der Waals surface area contributed by atoms with E-state index in [1.807, 2.05) is 12.1 Å². The van der Waals surface area contributed by atoms with Gasteiger partial charge in [0.15, 0.2) is 5.11 Å². The van der Waals surface area contributed by atoms with Crippen LogP contribution in [0.5, 0.6) is 5.75 Å². The molecule has 0 bridgehead atoms. The molecule has 0 unspecified atom stereocenters. The van der Waals surface area contributed by atoms with Crippen LogP contribution >= 0.6 is 12.2 Å². The monoisotopic (exact) mass is 364 g/mol. The Labute approximate surface area is 152 Å². The number of benzene rings is 2. The molecule has 0 saturated heterocycles. The van der Waals surface area contributed by atoms with Gasteiger partial charge in [-0.25, -0.2) is 0 Å². The van der Waals surface area contributed by atoms with Gasteiger partial charge in [0, 0.05) is 12.2 Å². The lowest BCUT2D eigenvalue weighted by atomic mass is 9.87. The summed E-state index contributed by atoms with van der Waals surface area (Å²) in [5.74, 6) is 0.137. The zero-order valence-corrected chi connectivity index (χ0v) is 15.3. The molecule has 0 radical (unpaired) electrons. The van der Waals surface area contributed by atoms with E-state index in [0.717, 1.165) is 11.3 Å². The van der Waals surface area contributed by atoms with Gasteiger partial charge in [-0.15, -0.1) is 0 Å². The largest absolute Gasteiger partial charge is 0.435 e. The highest BCUT2D eigenvalue weighted by Crippen LogP contribution is 2.23. The molecule has 0 amide bonds. The van der Waals surface area contributed by atoms with Crippen LogP contribution in [0.1, 0.15) is 31.9 Å². The molecule has 2 aromatic carbocycles. The van der Waals surface area contributed by atoms with Gasteiger partial charge in [-0.1, -0.05) is 45.0 Å². The summed E-state index contributed by atoms with van der Waals surface area (Å²) < 4.78 is 28.5. The summed E-state index contributed by atoms with van der Waals surface area (Å²) >= 11 is 5.28. The van der Waals surface area contributed by atoms with Crippen molar-refractivity contribution in [3.05, 3.63) is 59.7 Å². The van der Waals surface area contributed by atoms with Gasteiger partial charge in [-0.05, 0) is 53.0 Å². The van der Waals surface area contributed by atoms with Crippen molar-refractivity contribution in [1.29, 1.82) is 0 Å². The van der Waals surface area contributed by atoms with E-state index in [1.54, 1.807) is 12.1 Å². The molecule has 6 heteroatoms. The molecule has 3 nitrogen and oxygen atoms in total. The topological polar surface area (TPSA) is 33.3 Å². The fraction of sp³-hybridized carbons (Fsp3) is 0.316. The lowest BCUT2D eigenvalue weighted by Gasteiger charge is -2.19. The maximum Gasteiger partial charge on any atom is 0.387 e. The van der Waals surface area contributed by atoms with Gasteiger partial charge in [-0.2, -0.15) is 8.78 Å². The predicted molar refractivity (Wildman–Crippen MR) is 101 cm³/mol. The van der Waals surface area contributed by atoms with Crippen LogP contribution in [-0.4, -0.2) is 11.7 Å². The number of nitrogens with one attached hydrogen (secondary N) is 2. The first kappa shape index (κ1) is 19.1. The lowest BCUT2D eigenvalue weighted by molar-refractivity contribution is -0.0498. The summed E-state index contributed by atoms with van der Waals surface area (Å²) in [6.07, 6.45) is 0. The van der Waals surface area contributed by atoms with E-state index in [-0.39, 0.29) is 11.2 Å². The third-order valence-corrected chi connectivity index (χ3v) is 3.86. The van der Waals surface area contributed by atoms with Crippen LogP contribution in [0.2, 0.25) is 0 Å². The predicted octanol–water partition coefficient (Wildman–Crippen LogP) is 5.07. The fourth-order valence-electron chi connectivity index (χ4n) is 2.20. The number of rotatable bonds is 5. The van der Waals surface area contributed by atoms with E-state index >= 15 is 0 Å². The molecule has 0 aliphatic heterocycles. The molecule has 0 aliphatic rings. The number of ether oxygens (including phenoxy) is 1. The highest BCUT2D eigenvalue weighted by atomic mass is 32.1. The first-order chi connectivity index (χ1) is 11.7. The number of hydrogen-bond donors (Lipinski definition) is 2. The van der Waals surface area contributed by atoms with Crippen molar-refractivity contribution in [3.63, 3.8) is 0 Å². The van der Waals surface area contributed by atoms with Gasteiger partial charge in [0.1, 0.15) is 5.75 Å². The van der Waals surface area contributed by atoms with Crippen molar-refractivity contribution in [1.82, 2.24) is 5.32 Å². The Balaban J connectivity index is 1.84. The summed E-state index contributed by atoms with van der Waals surface area (Å²) in [5, 5.41) is 6.71. The molecule has 25 heavy (non-hydrogen) atoms. The zero-order valence-electron chi connectivity index (χ0n) is 14.5. The zero-order chi connectivity index (χ0) is 18.4. The first-order valence-corrected chi connectivity index (χ1v) is 8.34. The maximum absolute atomic E-state index is 12.1. The molecule has 0 saturated carbocycles. The number of hydrogen-bond acceptors (Lipinski definition) is 2. The molecule has 0 spiro atoms. The van der Waals surface area contributed by atoms with Crippen LogP contribution in [0.25, 0.3) is 0 Å². The average molecular weight is 364 g/mol. The molecule has 0 heterocycles. The van der Waals surface area contributed by atoms with Gasteiger partial charge in [0.05, 0.1) is 0 Å². The van der Waals surface area contributed by atoms with Crippen molar-refractivity contribution >= 4 is 23.0 Å². The SMILES string of the molecule is CC(C)(C)c1ccc(NC(=S)NCc2ccc(OC(F)F)cc2)cc1. The molecule has 0 aromatic heterocycles. The average Bonchev–Trinajstić information content (AvgIpc) is 2.53. The molecule has 2 N–H and O–H groups in total. The van der Waals surface area contributed by atoms with E-state index in [1.165, 1.54) is 17.7 Å². The highest BCUT2D eigenvalue weighted by molar-refractivity contribution is 7.80. The number of alkyl halides is 2. The van der Waals surface area contributed by atoms with Gasteiger partial charge in [0.2, 0.25) is 0 Å². The van der Waals surface area contributed by atoms with Crippen molar-refractivity contribution in [2.45, 2.75) is 39.3 Å². The Bertz CT molecular complexity index is 695. The summed E-state index contributed by atoms with van der Waals surface area (Å²) in [7, 11) is 0. The Morgan fingerprint density at radius 3 is 2.16 bits per heavy atom. The second-order valence-corrected chi connectivity index (χ2v) is 7.07. The molecular weight excluding hydrogens is 342 g/mol. The minimum atomic E-state index is -2.81. The first-order valence-electron chi connectivity index (χ1n) is 7.93. The van der Waals surface area contributed by atoms with E-state index in [9.17, 15) is 8.78 Å². The Kier molecular flexibility index (Phi) is 6.31. The van der Waals surface area contributed by atoms with Crippen molar-refractivity contribution in [3.8, 4) is 5.75 Å². The van der Waals surface area contributed by atoms with Crippen molar-refractivity contribution in [2.24, 2.45) is 0 Å². The van der Waals surface area contributed by atoms with Gasteiger partial charge in [-0.3, -0.25) is 0 Å². The van der Waals surface area contributed by atoms with Crippen molar-refractivity contribution < 1.29 is 13.5 Å². The van der Waals surface area contributed by atoms with Crippen LogP contribution in [0.15, 0.2) is 48.5 Å². The molecule has 0 fully saturated rings. The molecular formula is C19H22F2N2OS. The smallest absolute Gasteiger partial charge is 0.387 e. The minimum absolute atomic E-state index is 0.109. The Morgan fingerprint density at radius 2 is 1.64 bits per heavy atom. The van der Waals surface area contributed by atoms with E-state index in [0.29, 0.717) is 11.7 Å². The van der Waals surface area contributed by atoms with Crippen LogP contribution in [0.4, 0.5) is 14.5 Å². The number of thiocarbonyl (C=S) groups is 1. The Hall–Kier alpha value is -2.21. The van der Waals surface area contributed by atoms with Crippen molar-refractivity contribution in [2.75, 3.05) is 5.32 Å². The normalized spacial score (nSPS) is 11.3. The van der Waals surface area contributed by atoms with E-state index in [2.05, 4.69) is 48.3 Å². The second-order valence-electron chi connectivity index (χ2n) is 6.66. The third-order valence-electron chi connectivity index (χ3n) is 3.61. The molecule has 134 valence electrons. The van der Waals surface area contributed by atoms with E-state index in [4.69, 9.17) is 12.2 Å². The van der Waals surface area contributed by atoms with Gasteiger partial charge >= 0.3 is 6.61 Å². The van der Waals surface area contributed by atoms with Crippen LogP contribution in [0.3, 0.4) is 0 Å². The molecule has 2 aromatic rings. The quantitative estimate of drug-likeness (QED) is 0.726. The second kappa shape index (κ2) is 8.25.